The van der Waals surface area contributed by atoms with Crippen molar-refractivity contribution in [3.05, 3.63) is 108 Å². The minimum Gasteiger partial charge on any atom is -0.491 e. The molecule has 3 N–H and O–H groups in total. The zero-order valence-electron chi connectivity index (χ0n) is 29.3. The standard InChI is InChI=1S/C38H41N5O8S/c1-25(2)17-18-43(3)34-16-13-27(23-33(34)39-24-26-11-14-31(15-12-26)50-20-19-44)35-40-37(51-41-35)29-8-5-7-28(21-29)36(45)42-52(47,48)32-10-6-9-30(22-32)38(46)49-4/h5-16,21-23,25,39,44H,17-20,24H2,1-4H3,(H,42,45). The van der Waals surface area contributed by atoms with E-state index >= 15 is 0 Å². The predicted molar refractivity (Wildman–Crippen MR) is 197 cm³/mol. The van der Waals surface area contributed by atoms with Crippen LogP contribution in [-0.4, -0.2) is 69.5 Å². The number of carbonyl (C=O) groups is 2. The fourth-order valence-corrected chi connectivity index (χ4v) is 6.21. The topological polar surface area (TPSA) is 173 Å². The van der Waals surface area contributed by atoms with Crippen molar-refractivity contribution in [2.75, 3.05) is 44.1 Å². The number of hydrogen-bond acceptors (Lipinski definition) is 12. The molecule has 13 nitrogen and oxygen atoms in total. The first kappa shape index (κ1) is 37.5. The highest BCUT2D eigenvalue weighted by Crippen LogP contribution is 2.32. The highest BCUT2D eigenvalue weighted by molar-refractivity contribution is 7.90. The van der Waals surface area contributed by atoms with Gasteiger partial charge in [-0.15, -0.1) is 0 Å². The number of amides is 1. The third kappa shape index (κ3) is 9.53. The van der Waals surface area contributed by atoms with Gasteiger partial charge in [0.15, 0.2) is 0 Å². The fourth-order valence-electron chi connectivity index (χ4n) is 5.19. The zero-order chi connectivity index (χ0) is 37.3. The van der Waals surface area contributed by atoms with Gasteiger partial charge in [-0.2, -0.15) is 4.98 Å². The monoisotopic (exact) mass is 727 g/mol. The minimum absolute atomic E-state index is 0.0267. The molecule has 5 aromatic rings. The van der Waals surface area contributed by atoms with Gasteiger partial charge in [0.1, 0.15) is 12.4 Å². The zero-order valence-corrected chi connectivity index (χ0v) is 30.1. The Morgan fingerprint density at radius 3 is 2.42 bits per heavy atom. The lowest BCUT2D eigenvalue weighted by molar-refractivity contribution is 0.0600. The Bertz CT molecular complexity index is 2120. The summed E-state index contributed by atoms with van der Waals surface area (Å²) < 4.78 is 43.7. The molecule has 0 aliphatic carbocycles. The number of rotatable bonds is 16. The molecule has 0 aliphatic rings. The SMILES string of the molecule is COC(=O)c1cccc(S(=O)(=O)NC(=O)c2cccc(-c3nc(-c4ccc(N(C)CCC(C)C)c(NCc5ccc(OCCO)cc5)c4)no3)c2)c1. The third-order valence-corrected chi connectivity index (χ3v) is 9.39. The molecule has 0 atom stereocenters. The number of hydrogen-bond donors (Lipinski definition) is 3. The summed E-state index contributed by atoms with van der Waals surface area (Å²) in [5.41, 5.74) is 4.07. The van der Waals surface area contributed by atoms with Gasteiger partial charge in [-0.3, -0.25) is 4.79 Å². The molecule has 1 amide bonds. The minimum atomic E-state index is -4.31. The Labute approximate surface area is 302 Å². The van der Waals surface area contributed by atoms with Crippen LogP contribution in [0.2, 0.25) is 0 Å². The predicted octanol–water partition coefficient (Wildman–Crippen LogP) is 5.77. The number of carbonyl (C=O) groups excluding carboxylic acids is 2. The van der Waals surface area contributed by atoms with Crippen LogP contribution in [0, 0.1) is 5.92 Å². The molecule has 14 heteroatoms. The van der Waals surface area contributed by atoms with Crippen LogP contribution in [0.4, 0.5) is 11.4 Å². The summed E-state index contributed by atoms with van der Waals surface area (Å²) in [5.74, 6) is 0.0880. The van der Waals surface area contributed by atoms with Crippen LogP contribution in [0.15, 0.2) is 100 Å². The van der Waals surface area contributed by atoms with Crippen molar-refractivity contribution >= 4 is 33.3 Å². The third-order valence-electron chi connectivity index (χ3n) is 8.06. The Morgan fingerprint density at radius 2 is 1.69 bits per heavy atom. The number of aromatic nitrogens is 2. The van der Waals surface area contributed by atoms with E-state index in [1.54, 1.807) is 12.1 Å². The van der Waals surface area contributed by atoms with Gasteiger partial charge in [-0.1, -0.05) is 43.3 Å². The van der Waals surface area contributed by atoms with Crippen LogP contribution in [0.3, 0.4) is 0 Å². The molecule has 0 spiro atoms. The van der Waals surface area contributed by atoms with Crippen molar-refractivity contribution in [1.29, 1.82) is 0 Å². The van der Waals surface area contributed by atoms with E-state index in [1.807, 2.05) is 47.2 Å². The molecule has 0 unspecified atom stereocenters. The summed E-state index contributed by atoms with van der Waals surface area (Å²) >= 11 is 0. The van der Waals surface area contributed by atoms with Crippen molar-refractivity contribution in [2.45, 2.75) is 31.7 Å². The van der Waals surface area contributed by atoms with Crippen molar-refractivity contribution in [1.82, 2.24) is 14.9 Å². The first-order chi connectivity index (χ1) is 25.0. The molecule has 1 heterocycles. The smallest absolute Gasteiger partial charge is 0.337 e. The first-order valence-corrected chi connectivity index (χ1v) is 18.1. The van der Waals surface area contributed by atoms with Gasteiger partial charge in [0, 0.05) is 36.8 Å². The molecule has 0 saturated heterocycles. The maximum Gasteiger partial charge on any atom is 0.337 e. The average Bonchev–Trinajstić information content (AvgIpc) is 3.66. The molecule has 272 valence electrons. The first-order valence-electron chi connectivity index (χ1n) is 16.6. The number of methoxy groups -OCH3 is 1. The molecule has 4 aromatic carbocycles. The Hall–Kier alpha value is -5.73. The molecular formula is C38H41N5O8S. The van der Waals surface area contributed by atoms with E-state index in [9.17, 15) is 18.0 Å². The Morgan fingerprint density at radius 1 is 0.942 bits per heavy atom. The molecule has 1 aromatic heterocycles. The van der Waals surface area contributed by atoms with E-state index < -0.39 is 21.9 Å². The number of ether oxygens (including phenoxy) is 2. The average molecular weight is 728 g/mol. The van der Waals surface area contributed by atoms with E-state index in [4.69, 9.17) is 14.4 Å². The van der Waals surface area contributed by atoms with Gasteiger partial charge in [-0.05, 0) is 84.6 Å². The summed E-state index contributed by atoms with van der Waals surface area (Å²) in [6, 6.07) is 24.9. The van der Waals surface area contributed by atoms with Crippen molar-refractivity contribution in [3.8, 4) is 28.6 Å². The maximum atomic E-state index is 13.1. The van der Waals surface area contributed by atoms with E-state index in [0.29, 0.717) is 35.2 Å². The summed E-state index contributed by atoms with van der Waals surface area (Å²) in [6.45, 7) is 5.96. The van der Waals surface area contributed by atoms with Crippen LogP contribution >= 0.6 is 0 Å². The lowest BCUT2D eigenvalue weighted by Crippen LogP contribution is -2.30. The fraction of sp³-hybridized carbons (Fsp3) is 0.263. The second-order valence-electron chi connectivity index (χ2n) is 12.4. The normalized spacial score (nSPS) is 11.3. The number of aliphatic hydroxyl groups is 1. The lowest BCUT2D eigenvalue weighted by Gasteiger charge is -2.24. The van der Waals surface area contributed by atoms with E-state index in [0.717, 1.165) is 36.0 Å². The second kappa shape index (κ2) is 17.0. The number of benzene rings is 4. The number of nitrogens with one attached hydrogen (secondary N) is 2. The highest BCUT2D eigenvalue weighted by Gasteiger charge is 2.22. The van der Waals surface area contributed by atoms with Crippen molar-refractivity contribution in [2.24, 2.45) is 5.92 Å². The number of esters is 1. The molecule has 0 bridgehead atoms. The van der Waals surface area contributed by atoms with Crippen LogP contribution in [-0.2, 0) is 21.3 Å². The molecular weight excluding hydrogens is 687 g/mol. The Kier molecular flexibility index (Phi) is 12.3. The number of sulfonamides is 1. The van der Waals surface area contributed by atoms with Crippen LogP contribution < -0.4 is 19.7 Å². The van der Waals surface area contributed by atoms with E-state index in [-0.39, 0.29) is 35.1 Å². The lowest BCUT2D eigenvalue weighted by atomic mass is 10.1. The maximum absolute atomic E-state index is 13.1. The summed E-state index contributed by atoms with van der Waals surface area (Å²) in [5, 5.41) is 16.8. The van der Waals surface area contributed by atoms with Gasteiger partial charge < -0.3 is 29.3 Å². The number of anilines is 2. The summed E-state index contributed by atoms with van der Waals surface area (Å²) in [7, 11) is -1.08. The van der Waals surface area contributed by atoms with Gasteiger partial charge >= 0.3 is 5.97 Å². The van der Waals surface area contributed by atoms with Crippen LogP contribution in [0.1, 0.15) is 46.5 Å². The Balaban J connectivity index is 1.35. The number of aliphatic hydroxyl groups excluding tert-OH is 1. The molecule has 52 heavy (non-hydrogen) atoms. The van der Waals surface area contributed by atoms with Gasteiger partial charge in [-0.25, -0.2) is 17.9 Å². The van der Waals surface area contributed by atoms with Crippen molar-refractivity contribution in [3.63, 3.8) is 0 Å². The van der Waals surface area contributed by atoms with E-state index in [2.05, 4.69) is 46.0 Å². The van der Waals surface area contributed by atoms with Gasteiger partial charge in [0.05, 0.1) is 35.6 Å². The van der Waals surface area contributed by atoms with E-state index in [1.165, 1.54) is 37.4 Å². The molecule has 0 saturated carbocycles. The largest absolute Gasteiger partial charge is 0.491 e. The summed E-state index contributed by atoms with van der Waals surface area (Å²) in [4.78, 5) is 31.5. The highest BCUT2D eigenvalue weighted by atomic mass is 32.2. The molecule has 0 radical (unpaired) electrons. The molecule has 0 aliphatic heterocycles. The van der Waals surface area contributed by atoms with Crippen LogP contribution in [0.5, 0.6) is 5.75 Å². The summed E-state index contributed by atoms with van der Waals surface area (Å²) in [6.07, 6.45) is 1.02. The second-order valence-corrected chi connectivity index (χ2v) is 14.0. The molecule has 5 rings (SSSR count). The number of nitrogens with zero attached hydrogens (tertiary/aromatic N) is 3. The molecule has 0 fully saturated rings. The van der Waals surface area contributed by atoms with Crippen LogP contribution in [0.25, 0.3) is 22.8 Å². The van der Waals surface area contributed by atoms with Gasteiger partial charge in [0.25, 0.3) is 21.8 Å². The quantitative estimate of drug-likeness (QED) is 0.105. The van der Waals surface area contributed by atoms with Crippen molar-refractivity contribution < 1.29 is 37.1 Å². The van der Waals surface area contributed by atoms with Gasteiger partial charge in [0.2, 0.25) is 5.82 Å².